The van der Waals surface area contributed by atoms with Gasteiger partial charge in [0.1, 0.15) is 0 Å². The third-order valence-electron chi connectivity index (χ3n) is 3.54. The largest absolute Gasteiger partial charge is 0.748 e. The highest BCUT2D eigenvalue weighted by molar-refractivity contribution is 8.12. The highest BCUT2D eigenvalue weighted by atomic mass is 32.2. The Bertz CT molecular complexity index is 561. The van der Waals surface area contributed by atoms with Gasteiger partial charge in [-0.15, -0.1) is 0 Å². The number of hydrogen-bond donors (Lipinski definition) is 2. The van der Waals surface area contributed by atoms with Gasteiger partial charge in [-0.2, -0.15) is 0 Å². The third-order valence-corrected chi connectivity index (χ3v) is 5.60. The van der Waals surface area contributed by atoms with Crippen LogP contribution in [0.1, 0.15) is 38.2 Å². The molecule has 0 spiro atoms. The van der Waals surface area contributed by atoms with E-state index in [1.807, 2.05) is 25.1 Å². The van der Waals surface area contributed by atoms with Gasteiger partial charge in [-0.25, -0.2) is 8.42 Å². The van der Waals surface area contributed by atoms with E-state index in [9.17, 15) is 13.0 Å². The molecule has 0 heterocycles. The van der Waals surface area contributed by atoms with E-state index >= 15 is 0 Å². The average Bonchev–Trinajstić information content (AvgIpc) is 2.46. The Morgan fingerprint density at radius 1 is 1.36 bits per heavy atom. The molecule has 124 valence electrons. The van der Waals surface area contributed by atoms with Crippen LogP contribution in [0.25, 0.3) is 0 Å². The first-order chi connectivity index (χ1) is 10.3. The summed E-state index contributed by atoms with van der Waals surface area (Å²) in [6.45, 7) is 2.00. The molecule has 2 unspecified atom stereocenters. The van der Waals surface area contributed by atoms with E-state index in [0.29, 0.717) is 23.9 Å². The SMILES string of the molecule is CC1CCCC(S(=O)(=O)[O-])C1.NC(=[NH2+])SCc1ccccc1. The topological polar surface area (TPSA) is 109 Å². The molecule has 1 fully saturated rings. The quantitative estimate of drug-likeness (QED) is 0.485. The normalized spacial score (nSPS) is 21.5. The second-order valence-corrected chi connectivity index (χ2v) is 8.26. The van der Waals surface area contributed by atoms with Gasteiger partial charge >= 0.3 is 0 Å². The molecule has 1 aromatic carbocycles. The summed E-state index contributed by atoms with van der Waals surface area (Å²) in [5.41, 5.74) is 6.54. The molecule has 5 nitrogen and oxygen atoms in total. The number of amidine groups is 1. The minimum Gasteiger partial charge on any atom is -0.748 e. The predicted molar refractivity (Wildman–Crippen MR) is 90.0 cm³/mol. The van der Waals surface area contributed by atoms with Crippen LogP contribution in [-0.2, 0) is 15.9 Å². The van der Waals surface area contributed by atoms with Crippen molar-refractivity contribution in [2.75, 3.05) is 0 Å². The van der Waals surface area contributed by atoms with Crippen molar-refractivity contribution in [2.24, 2.45) is 11.7 Å². The van der Waals surface area contributed by atoms with Gasteiger partial charge < -0.3 is 4.55 Å². The zero-order chi connectivity index (χ0) is 16.6. The average molecular weight is 345 g/mol. The summed E-state index contributed by atoms with van der Waals surface area (Å²) in [7, 11) is -4.01. The number of thioether (sulfide) groups is 1. The maximum atomic E-state index is 10.6. The molecule has 0 aromatic heterocycles. The van der Waals surface area contributed by atoms with Crippen LogP contribution in [0.4, 0.5) is 0 Å². The summed E-state index contributed by atoms with van der Waals surface area (Å²) >= 11 is 1.46. The van der Waals surface area contributed by atoms with Crippen molar-refractivity contribution in [3.05, 3.63) is 35.9 Å². The van der Waals surface area contributed by atoms with Crippen molar-refractivity contribution < 1.29 is 18.4 Å². The van der Waals surface area contributed by atoms with Gasteiger partial charge in [-0.1, -0.05) is 50.1 Å². The second kappa shape index (κ2) is 9.17. The van der Waals surface area contributed by atoms with Gasteiger partial charge in [-0.3, -0.25) is 11.1 Å². The first kappa shape index (κ1) is 19.0. The van der Waals surface area contributed by atoms with Crippen molar-refractivity contribution in [3.8, 4) is 0 Å². The lowest BCUT2D eigenvalue weighted by molar-refractivity contribution is -0.110. The molecule has 1 aromatic rings. The fraction of sp³-hybridized carbons (Fsp3) is 0.533. The molecule has 22 heavy (non-hydrogen) atoms. The Labute approximate surface area is 136 Å². The van der Waals surface area contributed by atoms with Crippen LogP contribution in [0, 0.1) is 5.92 Å². The van der Waals surface area contributed by atoms with E-state index in [4.69, 9.17) is 11.1 Å². The zero-order valence-electron chi connectivity index (χ0n) is 12.8. The standard InChI is InChI=1S/C8H10N2S.C7H14O3S/c9-8(10)11-6-7-4-2-1-3-5-7;1-6-3-2-4-7(5-6)11(8,9)10/h1-5H,6H2,(H3,9,10);6-7H,2-5H2,1H3,(H,8,9,10). The smallest absolute Gasteiger partial charge is 0.300 e. The summed E-state index contributed by atoms with van der Waals surface area (Å²) < 4.78 is 31.7. The second-order valence-electron chi connectivity index (χ2n) is 5.56. The van der Waals surface area contributed by atoms with Crippen molar-refractivity contribution in [1.29, 1.82) is 0 Å². The van der Waals surface area contributed by atoms with Gasteiger partial charge in [0.2, 0.25) is 0 Å². The molecule has 0 bridgehead atoms. The minimum atomic E-state index is -4.01. The molecule has 0 amide bonds. The summed E-state index contributed by atoms with van der Waals surface area (Å²) in [6, 6.07) is 10.1. The maximum Gasteiger partial charge on any atom is 0.300 e. The Morgan fingerprint density at radius 3 is 2.45 bits per heavy atom. The summed E-state index contributed by atoms with van der Waals surface area (Å²) in [5, 5.41) is 5.12. The fourth-order valence-corrected chi connectivity index (χ4v) is 3.93. The molecule has 7 heteroatoms. The van der Waals surface area contributed by atoms with Crippen LogP contribution < -0.4 is 11.1 Å². The minimum absolute atomic E-state index is 0.400. The molecular weight excluding hydrogens is 320 g/mol. The van der Waals surface area contributed by atoms with Crippen molar-refractivity contribution in [2.45, 2.75) is 43.6 Å². The van der Waals surface area contributed by atoms with Gasteiger partial charge in [0, 0.05) is 11.0 Å². The third kappa shape index (κ3) is 7.82. The molecule has 1 aliphatic rings. The fourth-order valence-electron chi connectivity index (χ4n) is 2.38. The van der Waals surface area contributed by atoms with Gasteiger partial charge in [0.05, 0.1) is 10.1 Å². The van der Waals surface area contributed by atoms with Crippen LogP contribution >= 0.6 is 11.8 Å². The monoisotopic (exact) mass is 344 g/mol. The van der Waals surface area contributed by atoms with E-state index in [2.05, 4.69) is 12.1 Å². The molecule has 1 saturated carbocycles. The van der Waals surface area contributed by atoms with Gasteiger partial charge in [0.25, 0.3) is 5.17 Å². The first-order valence-electron chi connectivity index (χ1n) is 7.28. The number of hydrogen-bond acceptors (Lipinski definition) is 4. The molecule has 0 radical (unpaired) electrons. The van der Waals surface area contributed by atoms with Crippen LogP contribution in [0.15, 0.2) is 30.3 Å². The first-order valence-corrected chi connectivity index (χ1v) is 9.74. The van der Waals surface area contributed by atoms with Crippen molar-refractivity contribution in [1.82, 2.24) is 0 Å². The lowest BCUT2D eigenvalue weighted by Gasteiger charge is -2.28. The zero-order valence-corrected chi connectivity index (χ0v) is 14.4. The van der Waals surface area contributed by atoms with Crippen LogP contribution in [0.5, 0.6) is 0 Å². The number of nitrogens with two attached hydrogens (primary N) is 2. The maximum absolute atomic E-state index is 10.6. The van der Waals surface area contributed by atoms with Crippen LogP contribution in [0.3, 0.4) is 0 Å². The Balaban J connectivity index is 0.000000220. The highest BCUT2D eigenvalue weighted by Gasteiger charge is 2.23. The van der Waals surface area contributed by atoms with E-state index in [0.717, 1.165) is 18.6 Å². The predicted octanol–water partition coefficient (Wildman–Crippen LogP) is 1.10. The summed E-state index contributed by atoms with van der Waals surface area (Å²) in [6.07, 6.45) is 3.07. The number of benzene rings is 1. The Morgan fingerprint density at radius 2 is 2.00 bits per heavy atom. The highest BCUT2D eigenvalue weighted by Crippen LogP contribution is 2.27. The van der Waals surface area contributed by atoms with Crippen LogP contribution in [0.2, 0.25) is 0 Å². The Hall–Kier alpha value is -1.05. The van der Waals surface area contributed by atoms with E-state index in [1.54, 1.807) is 0 Å². The van der Waals surface area contributed by atoms with Crippen molar-refractivity contribution >= 4 is 27.0 Å². The molecule has 1 aliphatic carbocycles. The summed E-state index contributed by atoms with van der Waals surface area (Å²) in [5.74, 6) is 1.25. The van der Waals surface area contributed by atoms with E-state index in [-0.39, 0.29) is 0 Å². The Kier molecular flexibility index (Phi) is 7.92. The molecular formula is C15H24N2O3S2. The van der Waals surface area contributed by atoms with E-state index in [1.165, 1.54) is 17.3 Å². The van der Waals surface area contributed by atoms with E-state index < -0.39 is 15.4 Å². The summed E-state index contributed by atoms with van der Waals surface area (Å²) in [4.78, 5) is 0. The van der Waals surface area contributed by atoms with Gasteiger partial charge in [0.15, 0.2) is 0 Å². The lowest BCUT2D eigenvalue weighted by Crippen LogP contribution is -2.43. The molecule has 0 saturated heterocycles. The van der Waals surface area contributed by atoms with Crippen LogP contribution in [-0.4, -0.2) is 23.4 Å². The molecule has 2 rings (SSSR count). The molecule has 2 atom stereocenters. The van der Waals surface area contributed by atoms with Crippen molar-refractivity contribution in [3.63, 3.8) is 0 Å². The lowest BCUT2D eigenvalue weighted by atomic mass is 9.91. The van der Waals surface area contributed by atoms with Gasteiger partial charge in [-0.05, 0) is 36.1 Å². The molecule has 0 aliphatic heterocycles. The number of rotatable bonds is 3. The molecule has 4 N–H and O–H groups in total.